The van der Waals surface area contributed by atoms with E-state index in [9.17, 15) is 18.0 Å². The summed E-state index contributed by atoms with van der Waals surface area (Å²) in [5.74, 6) is -0.717. The van der Waals surface area contributed by atoms with Gasteiger partial charge in [0.05, 0.1) is 5.92 Å². The summed E-state index contributed by atoms with van der Waals surface area (Å²) < 4.78 is 27.1. The van der Waals surface area contributed by atoms with E-state index in [1.165, 1.54) is 15.6 Å². The lowest BCUT2D eigenvalue weighted by molar-refractivity contribution is -0.152. The van der Waals surface area contributed by atoms with Crippen molar-refractivity contribution < 1.29 is 18.0 Å². The minimum absolute atomic E-state index is 0.133. The van der Waals surface area contributed by atoms with Crippen molar-refractivity contribution in [1.82, 2.24) is 14.5 Å². The highest BCUT2D eigenvalue weighted by Crippen LogP contribution is 2.29. The Labute approximate surface area is 152 Å². The van der Waals surface area contributed by atoms with Gasteiger partial charge in [-0.3, -0.25) is 9.59 Å². The molecule has 0 unspecified atom stereocenters. The van der Waals surface area contributed by atoms with Gasteiger partial charge in [0, 0.05) is 26.2 Å². The zero-order valence-electron chi connectivity index (χ0n) is 14.4. The molecule has 7 nitrogen and oxygen atoms in total. The normalized spacial score (nSPS) is 24.8. The number of piperazine rings is 1. The largest absolute Gasteiger partial charge is 0.352 e. The number of thiophene rings is 1. The highest BCUT2D eigenvalue weighted by atomic mass is 32.2. The zero-order valence-corrected chi connectivity index (χ0v) is 16.0. The quantitative estimate of drug-likeness (QED) is 0.837. The highest BCUT2D eigenvalue weighted by molar-refractivity contribution is 7.91. The van der Waals surface area contributed by atoms with Crippen LogP contribution < -0.4 is 5.32 Å². The Bertz CT molecular complexity index is 758. The number of carbonyl (C=O) groups excluding carboxylic acids is 2. The molecule has 9 heteroatoms. The number of nitrogens with one attached hydrogen (secondary N) is 1. The molecule has 3 rings (SSSR count). The number of sulfonamides is 1. The highest BCUT2D eigenvalue weighted by Gasteiger charge is 2.44. The second-order valence-electron chi connectivity index (χ2n) is 6.94. The minimum Gasteiger partial charge on any atom is -0.352 e. The number of amides is 2. The fourth-order valence-corrected chi connectivity index (χ4v) is 6.07. The van der Waals surface area contributed by atoms with E-state index in [0.29, 0.717) is 36.7 Å². The van der Waals surface area contributed by atoms with Gasteiger partial charge in [-0.25, -0.2) is 8.42 Å². The molecule has 1 N–H and O–H groups in total. The third kappa shape index (κ3) is 3.32. The molecule has 2 amide bonds. The first-order chi connectivity index (χ1) is 11.7. The molecule has 2 saturated heterocycles. The van der Waals surface area contributed by atoms with E-state index in [0.717, 1.165) is 0 Å². The van der Waals surface area contributed by atoms with Gasteiger partial charge in [0.1, 0.15) is 9.75 Å². The van der Waals surface area contributed by atoms with Crippen molar-refractivity contribution in [3.63, 3.8) is 0 Å². The second-order valence-corrected chi connectivity index (χ2v) is 10.1. The number of nitrogens with zero attached hydrogens (tertiary/aromatic N) is 2. The summed E-state index contributed by atoms with van der Waals surface area (Å²) in [6.07, 6.45) is 1.28. The lowest BCUT2D eigenvalue weighted by Crippen LogP contribution is -2.65. The standard InChI is InChI=1S/C16H23N3O4S2/c1-16(2)15(21)17-7-9-19(16)14(20)12-5-3-8-18(11-12)25(22,23)13-6-4-10-24-13/h4,6,10,12H,3,5,7-9,11H2,1-2H3,(H,17,21)/t12-/m1/s1. The van der Waals surface area contributed by atoms with Crippen molar-refractivity contribution in [1.29, 1.82) is 0 Å². The molecule has 3 heterocycles. The van der Waals surface area contributed by atoms with Crippen LogP contribution in [0.3, 0.4) is 0 Å². The average molecular weight is 386 g/mol. The Balaban J connectivity index is 1.77. The monoisotopic (exact) mass is 385 g/mol. The van der Waals surface area contributed by atoms with Crippen LogP contribution in [0.2, 0.25) is 0 Å². The van der Waals surface area contributed by atoms with Gasteiger partial charge in [0.15, 0.2) is 0 Å². The molecule has 2 aliphatic rings. The molecule has 2 aliphatic heterocycles. The molecule has 1 aromatic heterocycles. The number of hydrogen-bond acceptors (Lipinski definition) is 5. The zero-order chi connectivity index (χ0) is 18.2. The molecule has 0 spiro atoms. The van der Waals surface area contributed by atoms with Gasteiger partial charge in [-0.15, -0.1) is 11.3 Å². The summed E-state index contributed by atoms with van der Waals surface area (Å²) in [5.41, 5.74) is -0.912. The van der Waals surface area contributed by atoms with Gasteiger partial charge in [0.2, 0.25) is 11.8 Å². The van der Waals surface area contributed by atoms with Crippen LogP contribution in [-0.4, -0.2) is 61.2 Å². The number of hydrogen-bond donors (Lipinski definition) is 1. The van der Waals surface area contributed by atoms with E-state index in [4.69, 9.17) is 0 Å². The molecular formula is C16H23N3O4S2. The first-order valence-corrected chi connectivity index (χ1v) is 10.7. The molecule has 2 fully saturated rings. The second kappa shape index (κ2) is 6.69. The van der Waals surface area contributed by atoms with Crippen LogP contribution in [0.15, 0.2) is 21.7 Å². The molecule has 0 aromatic carbocycles. The predicted molar refractivity (Wildman–Crippen MR) is 94.6 cm³/mol. The Morgan fingerprint density at radius 2 is 2.12 bits per heavy atom. The van der Waals surface area contributed by atoms with Crippen molar-refractivity contribution in [3.05, 3.63) is 17.5 Å². The Morgan fingerprint density at radius 3 is 2.80 bits per heavy atom. The molecule has 0 radical (unpaired) electrons. The van der Waals surface area contributed by atoms with Gasteiger partial charge in [-0.05, 0) is 38.1 Å². The SMILES string of the molecule is CC1(C)C(=O)NCCN1C(=O)[C@@H]1CCCN(S(=O)(=O)c2cccs2)C1. The van der Waals surface area contributed by atoms with E-state index in [-0.39, 0.29) is 18.4 Å². The van der Waals surface area contributed by atoms with E-state index < -0.39 is 21.5 Å². The smallest absolute Gasteiger partial charge is 0.252 e. The maximum Gasteiger partial charge on any atom is 0.252 e. The maximum absolute atomic E-state index is 13.0. The molecule has 1 atom stereocenters. The molecular weight excluding hydrogens is 362 g/mol. The summed E-state index contributed by atoms with van der Waals surface area (Å²) in [4.78, 5) is 26.7. The van der Waals surface area contributed by atoms with Crippen LogP contribution in [0, 0.1) is 5.92 Å². The number of rotatable bonds is 3. The molecule has 138 valence electrons. The number of piperidine rings is 1. The van der Waals surface area contributed by atoms with Crippen molar-refractivity contribution >= 4 is 33.2 Å². The Kier molecular flexibility index (Phi) is 4.91. The minimum atomic E-state index is -3.55. The lowest BCUT2D eigenvalue weighted by Gasteiger charge is -2.44. The third-order valence-corrected chi connectivity index (χ3v) is 8.18. The first-order valence-electron chi connectivity index (χ1n) is 8.38. The van der Waals surface area contributed by atoms with E-state index in [1.54, 1.807) is 36.3 Å². The maximum atomic E-state index is 13.0. The van der Waals surface area contributed by atoms with Gasteiger partial charge in [-0.1, -0.05) is 6.07 Å². The Morgan fingerprint density at radius 1 is 1.36 bits per heavy atom. The van der Waals surface area contributed by atoms with Crippen LogP contribution in [0.25, 0.3) is 0 Å². The van der Waals surface area contributed by atoms with Crippen LogP contribution in [0.1, 0.15) is 26.7 Å². The predicted octanol–water partition coefficient (Wildman–Crippen LogP) is 0.886. The average Bonchev–Trinajstić information content (AvgIpc) is 3.12. The van der Waals surface area contributed by atoms with Crippen molar-refractivity contribution in [2.75, 3.05) is 26.2 Å². The van der Waals surface area contributed by atoms with Crippen LogP contribution in [0.5, 0.6) is 0 Å². The van der Waals surface area contributed by atoms with Gasteiger partial charge in [0.25, 0.3) is 10.0 Å². The summed E-state index contributed by atoms with van der Waals surface area (Å²) >= 11 is 1.18. The fraction of sp³-hybridized carbons (Fsp3) is 0.625. The van der Waals surface area contributed by atoms with Crippen molar-refractivity contribution in [2.24, 2.45) is 5.92 Å². The van der Waals surface area contributed by atoms with Crippen LogP contribution in [-0.2, 0) is 19.6 Å². The van der Waals surface area contributed by atoms with Gasteiger partial charge in [-0.2, -0.15) is 4.31 Å². The summed E-state index contributed by atoms with van der Waals surface area (Å²) in [6.45, 7) is 4.93. The van der Waals surface area contributed by atoms with Gasteiger partial charge >= 0.3 is 0 Å². The third-order valence-electron chi connectivity index (χ3n) is 4.94. The molecule has 0 bridgehead atoms. The fourth-order valence-electron chi connectivity index (χ4n) is 3.41. The summed E-state index contributed by atoms with van der Waals surface area (Å²) in [5, 5.41) is 4.50. The van der Waals surface area contributed by atoms with E-state index >= 15 is 0 Å². The van der Waals surface area contributed by atoms with Crippen molar-refractivity contribution in [3.8, 4) is 0 Å². The van der Waals surface area contributed by atoms with Crippen LogP contribution >= 0.6 is 11.3 Å². The molecule has 0 aliphatic carbocycles. The number of carbonyl (C=O) groups is 2. The van der Waals surface area contributed by atoms with Gasteiger partial charge < -0.3 is 10.2 Å². The van der Waals surface area contributed by atoms with Crippen LogP contribution in [0.4, 0.5) is 0 Å². The summed E-state index contributed by atoms with van der Waals surface area (Å²) in [7, 11) is -3.55. The molecule has 25 heavy (non-hydrogen) atoms. The first kappa shape index (κ1) is 18.3. The summed E-state index contributed by atoms with van der Waals surface area (Å²) in [6, 6.07) is 3.29. The molecule has 0 saturated carbocycles. The van der Waals surface area contributed by atoms with E-state index in [1.807, 2.05) is 0 Å². The topological polar surface area (TPSA) is 86.8 Å². The van der Waals surface area contributed by atoms with E-state index in [2.05, 4.69) is 5.32 Å². The lowest BCUT2D eigenvalue weighted by atomic mass is 9.92. The Hall–Kier alpha value is -1.45. The van der Waals surface area contributed by atoms with Crippen molar-refractivity contribution in [2.45, 2.75) is 36.4 Å². The molecule has 1 aromatic rings.